The number of nitrogens with zero attached hydrogens (tertiary/aromatic N) is 2. The Morgan fingerprint density at radius 1 is 0.914 bits per heavy atom. The monoisotopic (exact) mass is 503 g/mol. The first-order valence-corrected chi connectivity index (χ1v) is 10.8. The number of alkyl halides is 3. The van der Waals surface area contributed by atoms with E-state index in [2.05, 4.69) is 25.9 Å². The number of carbonyl (C=O) groups is 1. The van der Waals surface area contributed by atoms with Crippen molar-refractivity contribution >= 4 is 40.0 Å². The Balaban J connectivity index is 1.40. The third-order valence-corrected chi connectivity index (χ3v) is 5.17. The van der Waals surface area contributed by atoms with Crippen molar-refractivity contribution in [2.45, 2.75) is 6.18 Å². The molecule has 35 heavy (non-hydrogen) atoms. The Morgan fingerprint density at radius 3 is 2.31 bits per heavy atom. The van der Waals surface area contributed by atoms with E-state index < -0.39 is 17.8 Å². The number of carbonyl (C=O) groups excluding carboxylic acids is 1. The van der Waals surface area contributed by atoms with E-state index in [1.807, 2.05) is 0 Å². The maximum absolute atomic E-state index is 13.3. The maximum atomic E-state index is 13.3. The first-order valence-electron chi connectivity index (χ1n) is 10.4. The van der Waals surface area contributed by atoms with Gasteiger partial charge >= 0.3 is 12.2 Å². The van der Waals surface area contributed by atoms with Crippen LogP contribution in [0.1, 0.15) is 5.56 Å². The van der Waals surface area contributed by atoms with Crippen molar-refractivity contribution in [1.82, 2.24) is 15.3 Å². The second-order valence-electron chi connectivity index (χ2n) is 7.45. The fraction of sp³-hybridized carbons (Fsp3) is 0.125. The number of halogens is 5. The quantitative estimate of drug-likeness (QED) is 0.212. The molecule has 3 N–H and O–H groups in total. The molecule has 1 aromatic heterocycles. The van der Waals surface area contributed by atoms with Crippen molar-refractivity contribution in [3.05, 3.63) is 83.1 Å². The Labute approximate surface area is 202 Å². The predicted molar refractivity (Wildman–Crippen MR) is 127 cm³/mol. The van der Waals surface area contributed by atoms with Crippen LogP contribution in [0.4, 0.5) is 33.9 Å². The molecule has 1 heterocycles. The molecule has 6 nitrogen and oxygen atoms in total. The Hall–Kier alpha value is -3.92. The van der Waals surface area contributed by atoms with Gasteiger partial charge in [0.25, 0.3) is 0 Å². The molecule has 0 fully saturated rings. The smallest absolute Gasteiger partial charge is 0.368 e. The summed E-state index contributed by atoms with van der Waals surface area (Å²) < 4.78 is 51.2. The van der Waals surface area contributed by atoms with Crippen LogP contribution in [0.5, 0.6) is 0 Å². The number of anilines is 2. The zero-order chi connectivity index (χ0) is 25.0. The molecule has 0 radical (unpaired) electrons. The standard InChI is InChI=1S/C24H18ClF4N5O/c25-16-5-10-19-20(13-16)33-21(14-1-6-17(26)7-2-14)34-22(19)30-11-12-31-23(35)32-18-8-3-15(4-9-18)24(27,28)29/h1-10,13H,11-12H2,(H,30,33,34)(H2,31,32,35). The molecule has 2 amide bonds. The minimum absolute atomic E-state index is 0.192. The van der Waals surface area contributed by atoms with E-state index in [1.54, 1.807) is 30.3 Å². The number of urea groups is 1. The summed E-state index contributed by atoms with van der Waals surface area (Å²) in [5, 5.41) is 9.42. The molecule has 180 valence electrons. The zero-order valence-corrected chi connectivity index (χ0v) is 18.7. The molecule has 3 aromatic carbocycles. The highest BCUT2D eigenvalue weighted by Crippen LogP contribution is 2.30. The molecule has 4 aromatic rings. The largest absolute Gasteiger partial charge is 0.416 e. The summed E-state index contributed by atoms with van der Waals surface area (Å²) in [4.78, 5) is 21.1. The summed E-state index contributed by atoms with van der Waals surface area (Å²) in [6, 6.07) is 14.5. The van der Waals surface area contributed by atoms with Gasteiger partial charge in [-0.15, -0.1) is 0 Å². The van der Waals surface area contributed by atoms with E-state index >= 15 is 0 Å². The molecule has 0 unspecified atom stereocenters. The number of benzene rings is 3. The fourth-order valence-electron chi connectivity index (χ4n) is 3.24. The summed E-state index contributed by atoms with van der Waals surface area (Å²) in [7, 11) is 0. The van der Waals surface area contributed by atoms with E-state index in [4.69, 9.17) is 11.6 Å². The molecule has 4 rings (SSSR count). The van der Waals surface area contributed by atoms with Gasteiger partial charge in [0.2, 0.25) is 0 Å². The normalized spacial score (nSPS) is 11.3. The molecule has 0 spiro atoms. The Morgan fingerprint density at radius 2 is 1.63 bits per heavy atom. The molecule has 0 bridgehead atoms. The van der Waals surface area contributed by atoms with Crippen LogP contribution in [0.25, 0.3) is 22.3 Å². The molecule has 0 saturated heterocycles. The van der Waals surface area contributed by atoms with Crippen LogP contribution in [-0.4, -0.2) is 29.1 Å². The van der Waals surface area contributed by atoms with Crippen LogP contribution in [0, 0.1) is 5.82 Å². The van der Waals surface area contributed by atoms with Crippen LogP contribution >= 0.6 is 11.6 Å². The van der Waals surface area contributed by atoms with Crippen molar-refractivity contribution in [3.63, 3.8) is 0 Å². The molecular formula is C24H18ClF4N5O. The lowest BCUT2D eigenvalue weighted by Crippen LogP contribution is -2.32. The zero-order valence-electron chi connectivity index (χ0n) is 18.0. The summed E-state index contributed by atoms with van der Waals surface area (Å²) >= 11 is 6.11. The van der Waals surface area contributed by atoms with Crippen molar-refractivity contribution in [2.24, 2.45) is 0 Å². The van der Waals surface area contributed by atoms with Gasteiger partial charge in [-0.1, -0.05) is 11.6 Å². The average Bonchev–Trinajstić information content (AvgIpc) is 2.81. The predicted octanol–water partition coefficient (Wildman–Crippen LogP) is 6.34. The lowest BCUT2D eigenvalue weighted by molar-refractivity contribution is -0.137. The van der Waals surface area contributed by atoms with E-state index in [-0.39, 0.29) is 24.6 Å². The first-order chi connectivity index (χ1) is 16.7. The van der Waals surface area contributed by atoms with Crippen molar-refractivity contribution in [2.75, 3.05) is 23.7 Å². The molecule has 0 atom stereocenters. The number of nitrogens with one attached hydrogen (secondary N) is 3. The summed E-state index contributed by atoms with van der Waals surface area (Å²) in [6.07, 6.45) is -4.44. The van der Waals surface area contributed by atoms with Gasteiger partial charge in [-0.3, -0.25) is 0 Å². The maximum Gasteiger partial charge on any atom is 0.416 e. The molecule has 0 aliphatic heterocycles. The van der Waals surface area contributed by atoms with Gasteiger partial charge in [-0.05, 0) is 66.7 Å². The van der Waals surface area contributed by atoms with Gasteiger partial charge in [-0.2, -0.15) is 13.2 Å². The average molecular weight is 504 g/mol. The fourth-order valence-corrected chi connectivity index (χ4v) is 3.41. The van der Waals surface area contributed by atoms with Gasteiger partial charge in [-0.25, -0.2) is 19.2 Å². The van der Waals surface area contributed by atoms with Crippen LogP contribution < -0.4 is 16.0 Å². The SMILES string of the molecule is O=C(NCCNc1nc(-c2ccc(F)cc2)nc2cc(Cl)ccc12)Nc1ccc(C(F)(F)F)cc1. The minimum atomic E-state index is -4.44. The van der Waals surface area contributed by atoms with E-state index in [0.29, 0.717) is 33.1 Å². The molecule has 11 heteroatoms. The number of aromatic nitrogens is 2. The van der Waals surface area contributed by atoms with E-state index in [9.17, 15) is 22.4 Å². The number of hydrogen-bond acceptors (Lipinski definition) is 4. The lowest BCUT2D eigenvalue weighted by atomic mass is 10.2. The van der Waals surface area contributed by atoms with Crippen LogP contribution in [0.15, 0.2) is 66.7 Å². The number of rotatable bonds is 6. The number of fused-ring (bicyclic) bond motifs is 1. The Kier molecular flexibility index (Phi) is 7.02. The second-order valence-corrected chi connectivity index (χ2v) is 7.88. The van der Waals surface area contributed by atoms with Gasteiger partial charge in [0.1, 0.15) is 11.6 Å². The minimum Gasteiger partial charge on any atom is -0.368 e. The number of amides is 2. The van der Waals surface area contributed by atoms with E-state index in [0.717, 1.165) is 12.1 Å². The van der Waals surface area contributed by atoms with Crippen LogP contribution in [0.2, 0.25) is 5.02 Å². The highest BCUT2D eigenvalue weighted by Gasteiger charge is 2.30. The van der Waals surface area contributed by atoms with Gasteiger partial charge in [0, 0.05) is 34.7 Å². The third-order valence-electron chi connectivity index (χ3n) is 4.93. The second kappa shape index (κ2) is 10.1. The third kappa shape index (κ3) is 6.15. The topological polar surface area (TPSA) is 78.9 Å². The first kappa shape index (κ1) is 24.2. The molecule has 0 saturated carbocycles. The summed E-state index contributed by atoms with van der Waals surface area (Å²) in [5.41, 5.74) is 0.629. The lowest BCUT2D eigenvalue weighted by Gasteiger charge is -2.13. The van der Waals surface area contributed by atoms with Gasteiger partial charge < -0.3 is 16.0 Å². The highest BCUT2D eigenvalue weighted by molar-refractivity contribution is 6.31. The number of hydrogen-bond donors (Lipinski definition) is 3. The molecule has 0 aliphatic carbocycles. The molecule has 0 aliphatic rings. The van der Waals surface area contributed by atoms with Crippen LogP contribution in [-0.2, 0) is 6.18 Å². The van der Waals surface area contributed by atoms with Gasteiger partial charge in [0.05, 0.1) is 11.1 Å². The van der Waals surface area contributed by atoms with Crippen molar-refractivity contribution in [3.8, 4) is 11.4 Å². The Bertz CT molecular complexity index is 1350. The molecular weight excluding hydrogens is 486 g/mol. The van der Waals surface area contributed by atoms with Crippen molar-refractivity contribution in [1.29, 1.82) is 0 Å². The van der Waals surface area contributed by atoms with Gasteiger partial charge in [0.15, 0.2) is 5.82 Å². The van der Waals surface area contributed by atoms with E-state index in [1.165, 1.54) is 24.3 Å². The highest BCUT2D eigenvalue weighted by atomic mass is 35.5. The van der Waals surface area contributed by atoms with Crippen molar-refractivity contribution < 1.29 is 22.4 Å². The summed E-state index contributed by atoms with van der Waals surface area (Å²) in [5.74, 6) is 0.489. The van der Waals surface area contributed by atoms with Crippen LogP contribution in [0.3, 0.4) is 0 Å². The summed E-state index contributed by atoms with van der Waals surface area (Å²) in [6.45, 7) is 0.482.